The van der Waals surface area contributed by atoms with Gasteiger partial charge in [0.05, 0.1) is 11.9 Å². The predicted molar refractivity (Wildman–Crippen MR) is 104 cm³/mol. The Hall–Kier alpha value is -3.55. The molecule has 148 valence electrons. The molecule has 0 saturated carbocycles. The summed E-state index contributed by atoms with van der Waals surface area (Å²) < 4.78 is 14.5. The quantitative estimate of drug-likeness (QED) is 0.738. The molecule has 1 saturated heterocycles. The van der Waals surface area contributed by atoms with E-state index in [0.29, 0.717) is 37.2 Å². The average molecular weight is 393 g/mol. The van der Waals surface area contributed by atoms with E-state index in [2.05, 4.69) is 15.6 Å². The van der Waals surface area contributed by atoms with E-state index < -0.39 is 0 Å². The first-order valence-corrected chi connectivity index (χ1v) is 9.43. The number of carbonyl (C=O) groups is 2. The zero-order valence-corrected chi connectivity index (χ0v) is 15.7. The van der Waals surface area contributed by atoms with Gasteiger partial charge in [-0.25, -0.2) is 9.07 Å². The molecule has 1 aliphatic heterocycles. The highest BCUT2D eigenvalue weighted by Gasteiger charge is 2.26. The number of hydrogen-bond donors (Lipinski definition) is 1. The third-order valence-electron chi connectivity index (χ3n) is 4.96. The molecule has 29 heavy (non-hydrogen) atoms. The molecule has 0 unspecified atom stereocenters. The second-order valence-corrected chi connectivity index (χ2v) is 6.93. The summed E-state index contributed by atoms with van der Waals surface area (Å²) in [5.41, 5.74) is 1.49. The van der Waals surface area contributed by atoms with E-state index >= 15 is 0 Å². The van der Waals surface area contributed by atoms with Crippen LogP contribution in [0.3, 0.4) is 0 Å². The fourth-order valence-electron chi connectivity index (χ4n) is 3.33. The number of nitrogens with one attached hydrogen (secondary N) is 1. The summed E-state index contributed by atoms with van der Waals surface area (Å²) in [5.74, 6) is -0.642. The van der Waals surface area contributed by atoms with Gasteiger partial charge in [-0.2, -0.15) is 0 Å². The van der Waals surface area contributed by atoms with Gasteiger partial charge in [0, 0.05) is 24.7 Å². The molecule has 1 aromatic heterocycles. The number of benzene rings is 2. The zero-order valence-electron chi connectivity index (χ0n) is 15.7. The van der Waals surface area contributed by atoms with Gasteiger partial charge in [0.25, 0.3) is 11.8 Å². The minimum Gasteiger partial charge on any atom is -0.349 e. The van der Waals surface area contributed by atoms with Crippen LogP contribution in [0.4, 0.5) is 4.39 Å². The molecule has 0 atom stereocenters. The minimum absolute atomic E-state index is 0.0293. The molecule has 2 aromatic carbocycles. The summed E-state index contributed by atoms with van der Waals surface area (Å²) in [4.78, 5) is 26.7. The van der Waals surface area contributed by atoms with E-state index in [1.54, 1.807) is 35.4 Å². The number of likely N-dealkylation sites (tertiary alicyclic amines) is 1. The highest BCUT2D eigenvalue weighted by atomic mass is 19.1. The van der Waals surface area contributed by atoms with Crippen LogP contribution in [-0.4, -0.2) is 50.8 Å². The Morgan fingerprint density at radius 3 is 2.38 bits per heavy atom. The molecule has 7 nitrogen and oxygen atoms in total. The first-order chi connectivity index (χ1) is 14.1. The summed E-state index contributed by atoms with van der Waals surface area (Å²) in [5, 5.41) is 10.9. The SMILES string of the molecule is O=C(NC1CCN(C(=O)c2cn(-c3ccc(F)cc3)nn2)CC1)c1ccccc1. The Morgan fingerprint density at radius 1 is 1.00 bits per heavy atom. The Kier molecular flexibility index (Phi) is 5.33. The van der Waals surface area contributed by atoms with Gasteiger partial charge >= 0.3 is 0 Å². The van der Waals surface area contributed by atoms with Crippen molar-refractivity contribution in [1.29, 1.82) is 0 Å². The van der Waals surface area contributed by atoms with Crippen molar-refractivity contribution >= 4 is 11.8 Å². The summed E-state index contributed by atoms with van der Waals surface area (Å²) >= 11 is 0. The summed E-state index contributed by atoms with van der Waals surface area (Å²) in [7, 11) is 0. The van der Waals surface area contributed by atoms with Crippen LogP contribution in [0.5, 0.6) is 0 Å². The number of piperidine rings is 1. The Morgan fingerprint density at radius 2 is 1.69 bits per heavy atom. The van der Waals surface area contributed by atoms with Crippen molar-refractivity contribution in [3.8, 4) is 5.69 Å². The summed E-state index contributed by atoms with van der Waals surface area (Å²) in [6.45, 7) is 1.06. The maximum Gasteiger partial charge on any atom is 0.276 e. The topological polar surface area (TPSA) is 80.1 Å². The zero-order chi connectivity index (χ0) is 20.2. The summed E-state index contributed by atoms with van der Waals surface area (Å²) in [6.07, 6.45) is 2.89. The van der Waals surface area contributed by atoms with E-state index in [9.17, 15) is 14.0 Å². The fraction of sp³-hybridized carbons (Fsp3) is 0.238. The number of rotatable bonds is 4. The number of hydrogen-bond acceptors (Lipinski definition) is 4. The molecular weight excluding hydrogens is 373 g/mol. The molecule has 0 spiro atoms. The van der Waals surface area contributed by atoms with Crippen molar-refractivity contribution in [1.82, 2.24) is 25.2 Å². The maximum atomic E-state index is 13.1. The summed E-state index contributed by atoms with van der Waals surface area (Å²) in [6, 6.07) is 14.9. The van der Waals surface area contributed by atoms with Crippen LogP contribution in [0.1, 0.15) is 33.7 Å². The van der Waals surface area contributed by atoms with Gasteiger partial charge in [-0.3, -0.25) is 9.59 Å². The van der Waals surface area contributed by atoms with Gasteiger partial charge in [0.2, 0.25) is 0 Å². The van der Waals surface area contributed by atoms with E-state index in [1.165, 1.54) is 16.8 Å². The van der Waals surface area contributed by atoms with Crippen LogP contribution >= 0.6 is 0 Å². The lowest BCUT2D eigenvalue weighted by Gasteiger charge is -2.31. The van der Waals surface area contributed by atoms with Gasteiger partial charge in [-0.1, -0.05) is 23.4 Å². The first-order valence-electron chi connectivity index (χ1n) is 9.43. The first kappa shape index (κ1) is 18.8. The van der Waals surface area contributed by atoms with Gasteiger partial charge in [-0.15, -0.1) is 5.10 Å². The molecule has 8 heteroatoms. The van der Waals surface area contributed by atoms with E-state index in [4.69, 9.17) is 0 Å². The van der Waals surface area contributed by atoms with Gasteiger partial charge in [0.15, 0.2) is 5.69 Å². The highest BCUT2D eigenvalue weighted by molar-refractivity contribution is 5.94. The lowest BCUT2D eigenvalue weighted by molar-refractivity contribution is 0.0692. The Balaban J connectivity index is 1.33. The normalized spacial score (nSPS) is 14.6. The molecule has 4 rings (SSSR count). The molecule has 0 aliphatic carbocycles. The van der Waals surface area contributed by atoms with Crippen LogP contribution in [-0.2, 0) is 0 Å². The van der Waals surface area contributed by atoms with Crippen molar-refractivity contribution in [3.63, 3.8) is 0 Å². The van der Waals surface area contributed by atoms with Crippen LogP contribution in [0.15, 0.2) is 60.8 Å². The monoisotopic (exact) mass is 393 g/mol. The molecule has 2 heterocycles. The van der Waals surface area contributed by atoms with E-state index in [-0.39, 0.29) is 29.4 Å². The minimum atomic E-state index is -0.340. The lowest BCUT2D eigenvalue weighted by Crippen LogP contribution is -2.46. The fourth-order valence-corrected chi connectivity index (χ4v) is 3.33. The van der Waals surface area contributed by atoms with Crippen molar-refractivity contribution in [2.45, 2.75) is 18.9 Å². The second-order valence-electron chi connectivity index (χ2n) is 6.93. The molecule has 0 bridgehead atoms. The van der Waals surface area contributed by atoms with Gasteiger partial charge in [0.1, 0.15) is 5.82 Å². The van der Waals surface area contributed by atoms with Crippen LogP contribution < -0.4 is 5.32 Å². The van der Waals surface area contributed by atoms with Crippen LogP contribution in [0.2, 0.25) is 0 Å². The molecular formula is C21H20FN5O2. The van der Waals surface area contributed by atoms with Crippen molar-refractivity contribution in [3.05, 3.63) is 77.9 Å². The Labute approximate surface area is 167 Å². The standard InChI is InChI=1S/C21H20FN5O2/c22-16-6-8-18(9-7-16)27-14-19(24-25-27)21(29)26-12-10-17(11-13-26)23-20(28)15-4-2-1-3-5-15/h1-9,14,17H,10-13H2,(H,23,28). The number of carbonyl (C=O) groups excluding carboxylic acids is 2. The molecule has 1 aliphatic rings. The van der Waals surface area contributed by atoms with Gasteiger partial charge < -0.3 is 10.2 Å². The Bertz CT molecular complexity index is 995. The second kappa shape index (κ2) is 8.22. The number of aromatic nitrogens is 3. The molecule has 2 amide bonds. The molecule has 1 fully saturated rings. The number of halogens is 1. The largest absolute Gasteiger partial charge is 0.349 e. The average Bonchev–Trinajstić information content (AvgIpc) is 3.25. The number of nitrogens with zero attached hydrogens (tertiary/aromatic N) is 4. The smallest absolute Gasteiger partial charge is 0.276 e. The lowest BCUT2D eigenvalue weighted by atomic mass is 10.0. The van der Waals surface area contributed by atoms with E-state index in [0.717, 1.165) is 0 Å². The maximum absolute atomic E-state index is 13.1. The molecule has 0 radical (unpaired) electrons. The van der Waals surface area contributed by atoms with Crippen LogP contribution in [0, 0.1) is 5.82 Å². The number of amides is 2. The molecule has 3 aromatic rings. The highest BCUT2D eigenvalue weighted by Crippen LogP contribution is 2.15. The van der Waals surface area contributed by atoms with Crippen molar-refractivity contribution in [2.24, 2.45) is 0 Å². The van der Waals surface area contributed by atoms with E-state index in [1.807, 2.05) is 18.2 Å². The third-order valence-corrected chi connectivity index (χ3v) is 4.96. The molecule has 1 N–H and O–H groups in total. The van der Waals surface area contributed by atoms with Crippen LogP contribution in [0.25, 0.3) is 5.69 Å². The van der Waals surface area contributed by atoms with Crippen molar-refractivity contribution in [2.75, 3.05) is 13.1 Å². The van der Waals surface area contributed by atoms with Crippen molar-refractivity contribution < 1.29 is 14.0 Å². The van der Waals surface area contributed by atoms with Gasteiger partial charge in [-0.05, 0) is 49.2 Å². The predicted octanol–water partition coefficient (Wildman–Crippen LogP) is 2.44. The third kappa shape index (κ3) is 4.31.